The van der Waals surface area contributed by atoms with Crippen molar-refractivity contribution in [1.29, 1.82) is 0 Å². The minimum atomic E-state index is 0.0352. The van der Waals surface area contributed by atoms with E-state index in [9.17, 15) is 9.59 Å². The Hall–Kier alpha value is -5.76. The summed E-state index contributed by atoms with van der Waals surface area (Å²) in [6.07, 6.45) is 6.83. The predicted molar refractivity (Wildman–Crippen MR) is 213 cm³/mol. The number of anilines is 2. The van der Waals surface area contributed by atoms with Gasteiger partial charge in [0.1, 0.15) is 11.6 Å². The third-order valence-electron chi connectivity index (χ3n) is 13.2. The third-order valence-corrected chi connectivity index (χ3v) is 13.2. The first-order valence-electron chi connectivity index (χ1n) is 19.0. The van der Waals surface area contributed by atoms with E-state index < -0.39 is 0 Å². The highest BCUT2D eigenvalue weighted by Crippen LogP contribution is 2.64. The van der Waals surface area contributed by atoms with Crippen LogP contribution in [0.15, 0.2) is 97.3 Å². The highest BCUT2D eigenvalue weighted by molar-refractivity contribution is 6.06. The second-order valence-corrected chi connectivity index (χ2v) is 16.9. The summed E-state index contributed by atoms with van der Waals surface area (Å²) in [6.45, 7) is 8.87. The van der Waals surface area contributed by atoms with Crippen LogP contribution < -0.4 is 11.5 Å². The van der Waals surface area contributed by atoms with Gasteiger partial charge in [0.2, 0.25) is 0 Å². The van der Waals surface area contributed by atoms with Gasteiger partial charge in [0.15, 0.2) is 11.6 Å². The van der Waals surface area contributed by atoms with Crippen molar-refractivity contribution in [3.63, 3.8) is 0 Å². The van der Waals surface area contributed by atoms with Crippen molar-refractivity contribution in [1.82, 2.24) is 19.9 Å². The molecule has 6 aromatic rings. The van der Waals surface area contributed by atoms with E-state index in [-0.39, 0.29) is 22.7 Å². The van der Waals surface area contributed by atoms with E-state index >= 15 is 0 Å². The van der Waals surface area contributed by atoms with Crippen LogP contribution in [0.1, 0.15) is 107 Å². The molecule has 6 N–H and O–H groups in total. The number of nitrogens with zero attached hydrogens (tertiary/aromatic N) is 2. The van der Waals surface area contributed by atoms with Gasteiger partial charge in [-0.2, -0.15) is 0 Å². The quantitative estimate of drug-likeness (QED) is 0.136. The van der Waals surface area contributed by atoms with Gasteiger partial charge in [0.25, 0.3) is 0 Å². The van der Waals surface area contributed by atoms with Crippen molar-refractivity contribution in [2.45, 2.75) is 65.2 Å². The molecule has 2 saturated carbocycles. The zero-order valence-electron chi connectivity index (χ0n) is 31.2. The number of pyridine rings is 2. The Balaban J connectivity index is 0.000000142. The highest BCUT2D eigenvalue weighted by atomic mass is 16.1. The van der Waals surface area contributed by atoms with Crippen molar-refractivity contribution in [2.75, 3.05) is 11.5 Å². The number of aromatic nitrogens is 4. The number of Topliss-reactive ketones (excluding diaryl/α,β-unsaturated/α-hetero) is 2. The Morgan fingerprint density at radius 1 is 0.593 bits per heavy atom. The number of hydrogen-bond acceptors (Lipinski definition) is 6. The number of ketones is 2. The van der Waals surface area contributed by atoms with Crippen LogP contribution in [-0.4, -0.2) is 31.5 Å². The minimum absolute atomic E-state index is 0.0352. The zero-order valence-corrected chi connectivity index (χ0v) is 31.2. The molecule has 2 aromatic carbocycles. The van der Waals surface area contributed by atoms with E-state index in [0.717, 1.165) is 81.8 Å². The molecular formula is C46H46N6O2. The van der Waals surface area contributed by atoms with Gasteiger partial charge in [-0.1, -0.05) is 88.4 Å². The maximum atomic E-state index is 13.3. The van der Waals surface area contributed by atoms with Gasteiger partial charge >= 0.3 is 0 Å². The van der Waals surface area contributed by atoms with E-state index in [4.69, 9.17) is 11.5 Å². The molecule has 272 valence electrons. The van der Waals surface area contributed by atoms with Crippen LogP contribution >= 0.6 is 0 Å². The first-order valence-corrected chi connectivity index (χ1v) is 19.0. The Morgan fingerprint density at radius 2 is 0.981 bits per heavy atom. The lowest BCUT2D eigenvalue weighted by atomic mass is 9.48. The molecule has 4 heterocycles. The van der Waals surface area contributed by atoms with Gasteiger partial charge in [-0.25, -0.2) is 9.97 Å². The molecule has 0 spiro atoms. The van der Waals surface area contributed by atoms with Crippen molar-refractivity contribution < 1.29 is 9.59 Å². The third kappa shape index (κ3) is 5.25. The minimum Gasteiger partial charge on any atom is -0.384 e. The molecule has 0 amide bonds. The summed E-state index contributed by atoms with van der Waals surface area (Å²) >= 11 is 0. The molecule has 0 saturated heterocycles. The molecule has 2 fully saturated rings. The average molecular weight is 715 g/mol. The number of carbonyl (C=O) groups excluding carboxylic acids is 2. The lowest BCUT2D eigenvalue weighted by molar-refractivity contribution is 0.0188. The van der Waals surface area contributed by atoms with Crippen LogP contribution in [0.3, 0.4) is 0 Å². The van der Waals surface area contributed by atoms with Crippen molar-refractivity contribution in [3.8, 4) is 22.5 Å². The normalized spacial score (nSPS) is 22.2. The molecule has 54 heavy (non-hydrogen) atoms. The Kier molecular flexibility index (Phi) is 7.82. The molecule has 0 unspecified atom stereocenters. The number of nitrogen functional groups attached to an aromatic ring is 2. The average Bonchev–Trinajstić information content (AvgIpc) is 3.72. The summed E-state index contributed by atoms with van der Waals surface area (Å²) in [5.41, 5.74) is 24.6. The molecule has 0 aliphatic heterocycles. The number of nitrogens with two attached hydrogens (primary N) is 2. The van der Waals surface area contributed by atoms with Gasteiger partial charge < -0.3 is 21.4 Å². The number of aromatic amines is 2. The SMILES string of the molecule is CC1(C)[C@@H]2C[C@H]1C(=O)c1c2[nH]c(-c2ccnc(N)c2)c1Cc1ccccc1.CC1(C)[C@@H]2C[C@H]1c1[nH]c(-c3ccnc(N)c3)c(Cc3ccccc3)c1C2=O. The van der Waals surface area contributed by atoms with Crippen molar-refractivity contribution >= 4 is 23.2 Å². The fraction of sp³-hybridized carbons (Fsp3) is 0.304. The lowest BCUT2D eigenvalue weighted by Crippen LogP contribution is -2.51. The lowest BCUT2D eigenvalue weighted by Gasteiger charge is -2.54. The predicted octanol–water partition coefficient (Wildman–Crippen LogP) is 9.15. The molecule has 8 heteroatoms. The monoisotopic (exact) mass is 714 g/mol. The van der Waals surface area contributed by atoms with Crippen LogP contribution in [0.5, 0.6) is 0 Å². The van der Waals surface area contributed by atoms with Crippen LogP contribution in [0.4, 0.5) is 11.6 Å². The Morgan fingerprint density at radius 3 is 1.33 bits per heavy atom. The summed E-state index contributed by atoms with van der Waals surface area (Å²) < 4.78 is 0. The number of rotatable bonds is 6. The van der Waals surface area contributed by atoms with Crippen LogP contribution in [-0.2, 0) is 12.8 Å². The maximum Gasteiger partial charge on any atom is 0.168 e. The molecule has 4 aromatic heterocycles. The van der Waals surface area contributed by atoms with Crippen LogP contribution in [0.2, 0.25) is 0 Å². The van der Waals surface area contributed by atoms with Gasteiger partial charge in [-0.05, 0) is 70.2 Å². The molecular weight excluding hydrogens is 669 g/mol. The van der Waals surface area contributed by atoms with Gasteiger partial charge in [-0.15, -0.1) is 0 Å². The van der Waals surface area contributed by atoms with Crippen molar-refractivity contribution in [3.05, 3.63) is 142 Å². The van der Waals surface area contributed by atoms with E-state index in [1.54, 1.807) is 12.4 Å². The molecule has 6 aliphatic carbocycles. The topological polar surface area (TPSA) is 144 Å². The fourth-order valence-electron chi connectivity index (χ4n) is 9.93. The molecule has 6 aliphatic rings. The molecule has 4 atom stereocenters. The first kappa shape index (κ1) is 34.0. The summed E-state index contributed by atoms with van der Waals surface area (Å²) in [4.78, 5) is 42.2. The van der Waals surface area contributed by atoms with Crippen molar-refractivity contribution in [2.24, 2.45) is 22.7 Å². The summed E-state index contributed by atoms with van der Waals surface area (Å²) in [5.74, 6) is 2.67. The standard InChI is InChI=1S/2C23H23N3O/c2*1-23(2)16-12-17(23)22(27)19-15(10-13-6-4-3-5-7-13)20(26-21(16)19)14-8-9-25-18(24)11-14/h2*3-9,11,16-17,26H,10,12H2,1-2H3,(H2,24,25)/t2*16-,17+/m10/s1. The van der Waals surface area contributed by atoms with E-state index in [2.05, 4.69) is 71.9 Å². The second-order valence-electron chi connectivity index (χ2n) is 16.9. The van der Waals surface area contributed by atoms with Crippen LogP contribution in [0.25, 0.3) is 22.5 Å². The van der Waals surface area contributed by atoms with E-state index in [0.29, 0.717) is 35.0 Å². The van der Waals surface area contributed by atoms with Gasteiger partial charge in [0.05, 0.1) is 11.4 Å². The number of benzene rings is 2. The highest BCUT2D eigenvalue weighted by Gasteiger charge is 2.59. The molecule has 12 rings (SSSR count). The van der Waals surface area contributed by atoms with Gasteiger partial charge in [0, 0.05) is 82.5 Å². The largest absolute Gasteiger partial charge is 0.384 e. The molecule has 4 bridgehead atoms. The Bertz CT molecular complexity index is 2270. The van der Waals surface area contributed by atoms with E-state index in [1.165, 1.54) is 11.1 Å². The summed E-state index contributed by atoms with van der Waals surface area (Å²) in [6, 6.07) is 28.3. The maximum absolute atomic E-state index is 13.3. The summed E-state index contributed by atoms with van der Waals surface area (Å²) in [5, 5.41) is 0. The van der Waals surface area contributed by atoms with Crippen LogP contribution in [0, 0.1) is 22.7 Å². The molecule has 0 radical (unpaired) electrons. The Labute approximate surface area is 315 Å². The number of nitrogens with one attached hydrogen (secondary N) is 2. The number of H-pyrrole nitrogens is 2. The number of carbonyl (C=O) groups is 2. The van der Waals surface area contributed by atoms with Gasteiger partial charge in [-0.3, -0.25) is 9.59 Å². The number of hydrogen-bond donors (Lipinski definition) is 4. The first-order chi connectivity index (χ1) is 25.9. The summed E-state index contributed by atoms with van der Waals surface area (Å²) in [7, 11) is 0. The smallest absolute Gasteiger partial charge is 0.168 e. The molecule has 8 nitrogen and oxygen atoms in total. The fourth-order valence-corrected chi connectivity index (χ4v) is 9.93. The van der Waals surface area contributed by atoms with E-state index in [1.807, 2.05) is 60.7 Å². The second kappa shape index (κ2) is 12.4. The zero-order chi connectivity index (χ0) is 37.5.